The summed E-state index contributed by atoms with van der Waals surface area (Å²) >= 11 is 0. The van der Waals surface area contributed by atoms with Crippen LogP contribution in [0.3, 0.4) is 0 Å². The average Bonchev–Trinajstić information content (AvgIpc) is 2.28. The van der Waals surface area contributed by atoms with Gasteiger partial charge in [-0.3, -0.25) is 15.0 Å². The van der Waals surface area contributed by atoms with Gasteiger partial charge in [0.05, 0.1) is 0 Å². The normalized spacial score (nSPS) is 22.6. The second-order valence-electron chi connectivity index (χ2n) is 3.84. The van der Waals surface area contributed by atoms with E-state index in [9.17, 15) is 20.2 Å². The number of benzene rings is 1. The van der Waals surface area contributed by atoms with E-state index in [1.165, 1.54) is 0 Å². The van der Waals surface area contributed by atoms with Gasteiger partial charge in [-0.15, -0.1) is 10.1 Å². The molecule has 0 radical (unpaired) electrons. The van der Waals surface area contributed by atoms with Gasteiger partial charge in [-0.05, 0) is 17.5 Å². The molecule has 0 aliphatic heterocycles. The smallest absolute Gasteiger partial charge is 0.295 e. The SMILES string of the molecule is O=[N+]([O-])O[C@@H]1c2ccccc2CC[C@@H]1[N+](=O)[O-]. The molecule has 0 unspecified atom stereocenters. The highest BCUT2D eigenvalue weighted by atomic mass is 17.0. The highest BCUT2D eigenvalue weighted by molar-refractivity contribution is 5.32. The minimum absolute atomic E-state index is 0.252. The quantitative estimate of drug-likeness (QED) is 0.587. The maximum atomic E-state index is 10.9. The lowest BCUT2D eigenvalue weighted by Gasteiger charge is -2.26. The summed E-state index contributed by atoms with van der Waals surface area (Å²) in [6.45, 7) is 0. The van der Waals surface area contributed by atoms with Crippen LogP contribution in [0.15, 0.2) is 24.3 Å². The van der Waals surface area contributed by atoms with Gasteiger partial charge in [0.15, 0.2) is 6.10 Å². The minimum Gasteiger partial charge on any atom is -0.298 e. The van der Waals surface area contributed by atoms with E-state index in [2.05, 4.69) is 4.84 Å². The Labute approximate surface area is 96.3 Å². The lowest BCUT2D eigenvalue weighted by atomic mass is 9.86. The maximum absolute atomic E-state index is 10.9. The van der Waals surface area contributed by atoms with E-state index in [0.29, 0.717) is 12.0 Å². The molecule has 0 spiro atoms. The van der Waals surface area contributed by atoms with Crippen LogP contribution in [0.4, 0.5) is 0 Å². The van der Waals surface area contributed by atoms with Crippen molar-refractivity contribution in [2.75, 3.05) is 0 Å². The van der Waals surface area contributed by atoms with Crippen LogP contribution >= 0.6 is 0 Å². The summed E-state index contributed by atoms with van der Waals surface area (Å²) in [6.07, 6.45) is -0.313. The lowest BCUT2D eigenvalue weighted by Crippen LogP contribution is -2.35. The van der Waals surface area contributed by atoms with Crippen LogP contribution in [0.1, 0.15) is 23.7 Å². The molecule has 0 saturated heterocycles. The molecule has 1 aliphatic rings. The molecule has 0 fully saturated rings. The summed E-state index contributed by atoms with van der Waals surface area (Å²) < 4.78 is 0. The first-order valence-corrected chi connectivity index (χ1v) is 5.12. The van der Waals surface area contributed by atoms with Gasteiger partial charge in [-0.1, -0.05) is 24.3 Å². The summed E-state index contributed by atoms with van der Waals surface area (Å²) in [5, 5.41) is 20.3. The predicted molar refractivity (Wildman–Crippen MR) is 56.4 cm³/mol. The van der Waals surface area contributed by atoms with Crippen molar-refractivity contribution in [1.29, 1.82) is 0 Å². The number of hydrogen-bond donors (Lipinski definition) is 0. The van der Waals surface area contributed by atoms with Crippen LogP contribution in [0.5, 0.6) is 0 Å². The predicted octanol–water partition coefficient (Wildman–Crippen LogP) is 1.53. The zero-order valence-electron chi connectivity index (χ0n) is 8.81. The molecule has 1 aromatic carbocycles. The van der Waals surface area contributed by atoms with E-state index in [-0.39, 0.29) is 6.42 Å². The number of rotatable bonds is 3. The van der Waals surface area contributed by atoms with Crippen molar-refractivity contribution < 1.29 is 14.8 Å². The Morgan fingerprint density at radius 3 is 2.59 bits per heavy atom. The second kappa shape index (κ2) is 4.36. The molecule has 0 aromatic heterocycles. The molecule has 2 atom stereocenters. The van der Waals surface area contributed by atoms with Crippen molar-refractivity contribution in [2.24, 2.45) is 0 Å². The zero-order chi connectivity index (χ0) is 12.4. The van der Waals surface area contributed by atoms with Gasteiger partial charge in [-0.2, -0.15) is 0 Å². The monoisotopic (exact) mass is 238 g/mol. The van der Waals surface area contributed by atoms with E-state index < -0.39 is 22.2 Å². The van der Waals surface area contributed by atoms with Crippen molar-refractivity contribution in [3.05, 3.63) is 55.6 Å². The van der Waals surface area contributed by atoms with Gasteiger partial charge in [-0.25, -0.2) is 0 Å². The fourth-order valence-corrected chi connectivity index (χ4v) is 2.14. The standard InChI is InChI=1S/C10H10N2O5/c13-11(14)9-6-5-7-3-1-2-4-8(7)10(9)17-12(15)16/h1-4,9-10H,5-6H2/t9-,10+/m0/s1. The van der Waals surface area contributed by atoms with Crippen molar-refractivity contribution in [3.8, 4) is 0 Å². The van der Waals surface area contributed by atoms with Crippen molar-refractivity contribution in [1.82, 2.24) is 0 Å². The number of nitrogens with zero attached hydrogens (tertiary/aromatic N) is 2. The Balaban J connectivity index is 2.38. The van der Waals surface area contributed by atoms with Gasteiger partial charge in [0, 0.05) is 11.3 Å². The van der Waals surface area contributed by atoms with Gasteiger partial charge in [0.2, 0.25) is 6.04 Å². The van der Waals surface area contributed by atoms with Crippen LogP contribution in [-0.4, -0.2) is 16.1 Å². The molecule has 0 N–H and O–H groups in total. The van der Waals surface area contributed by atoms with E-state index in [1.807, 2.05) is 6.07 Å². The highest BCUT2D eigenvalue weighted by Gasteiger charge is 2.40. The fourth-order valence-electron chi connectivity index (χ4n) is 2.14. The van der Waals surface area contributed by atoms with Crippen LogP contribution in [0, 0.1) is 20.2 Å². The molecule has 17 heavy (non-hydrogen) atoms. The van der Waals surface area contributed by atoms with Gasteiger partial charge in [0.1, 0.15) is 0 Å². The number of aryl methyl sites for hydroxylation is 1. The molecule has 0 saturated carbocycles. The minimum atomic E-state index is -1.11. The summed E-state index contributed by atoms with van der Waals surface area (Å²) in [6, 6.07) is 5.88. The third-order valence-electron chi connectivity index (χ3n) is 2.89. The average molecular weight is 238 g/mol. The Kier molecular flexibility index (Phi) is 2.90. The van der Waals surface area contributed by atoms with Crippen molar-refractivity contribution in [2.45, 2.75) is 25.0 Å². The third kappa shape index (κ3) is 2.17. The largest absolute Gasteiger partial charge is 0.298 e. The topological polar surface area (TPSA) is 95.5 Å². The first kappa shape index (κ1) is 11.3. The van der Waals surface area contributed by atoms with Crippen LogP contribution in [0.2, 0.25) is 0 Å². The third-order valence-corrected chi connectivity index (χ3v) is 2.89. The first-order chi connectivity index (χ1) is 8.09. The maximum Gasteiger partial charge on any atom is 0.295 e. The van der Waals surface area contributed by atoms with Gasteiger partial charge in [0.25, 0.3) is 5.09 Å². The number of fused-ring (bicyclic) bond motifs is 1. The molecule has 7 nitrogen and oxygen atoms in total. The van der Waals surface area contributed by atoms with Crippen LogP contribution in [0.25, 0.3) is 0 Å². The Hall–Kier alpha value is -2.18. The van der Waals surface area contributed by atoms with E-state index in [4.69, 9.17) is 0 Å². The lowest BCUT2D eigenvalue weighted by molar-refractivity contribution is -0.781. The zero-order valence-corrected chi connectivity index (χ0v) is 8.81. The van der Waals surface area contributed by atoms with Crippen LogP contribution in [-0.2, 0) is 11.3 Å². The van der Waals surface area contributed by atoms with E-state index in [0.717, 1.165) is 5.56 Å². The molecule has 0 bridgehead atoms. The Morgan fingerprint density at radius 1 is 1.24 bits per heavy atom. The van der Waals surface area contributed by atoms with E-state index in [1.54, 1.807) is 18.2 Å². The van der Waals surface area contributed by atoms with Gasteiger partial charge >= 0.3 is 0 Å². The van der Waals surface area contributed by atoms with Crippen molar-refractivity contribution in [3.63, 3.8) is 0 Å². The molecule has 0 amide bonds. The Morgan fingerprint density at radius 2 is 1.94 bits per heavy atom. The number of hydrogen-bond acceptors (Lipinski definition) is 5. The van der Waals surface area contributed by atoms with Gasteiger partial charge < -0.3 is 0 Å². The molecular formula is C10H10N2O5. The summed E-state index contributed by atoms with van der Waals surface area (Å²) in [7, 11) is 0. The second-order valence-corrected chi connectivity index (χ2v) is 3.84. The number of nitro groups is 1. The summed E-state index contributed by atoms with van der Waals surface area (Å²) in [4.78, 5) is 25.2. The molecule has 1 aromatic rings. The van der Waals surface area contributed by atoms with E-state index >= 15 is 0 Å². The highest BCUT2D eigenvalue weighted by Crippen LogP contribution is 2.34. The first-order valence-electron chi connectivity index (χ1n) is 5.12. The Bertz CT molecular complexity index is 462. The summed E-state index contributed by atoms with van der Waals surface area (Å²) in [5.41, 5.74) is 1.41. The molecule has 1 aliphatic carbocycles. The van der Waals surface area contributed by atoms with Crippen LogP contribution < -0.4 is 0 Å². The molecule has 90 valence electrons. The van der Waals surface area contributed by atoms with Crippen molar-refractivity contribution >= 4 is 0 Å². The molecule has 2 rings (SSSR count). The molecule has 0 heterocycles. The molecule has 7 heteroatoms. The molecular weight excluding hydrogens is 228 g/mol. The fraction of sp³-hybridized carbons (Fsp3) is 0.400. The summed E-state index contributed by atoms with van der Waals surface area (Å²) in [5.74, 6) is 0.